The Morgan fingerprint density at radius 1 is 1.67 bits per heavy atom. The lowest BCUT2D eigenvalue weighted by Crippen LogP contribution is -2.42. The van der Waals surface area contributed by atoms with Crippen LogP contribution >= 0.6 is 0 Å². The summed E-state index contributed by atoms with van der Waals surface area (Å²) >= 11 is 0. The molecule has 2 atom stereocenters. The molecule has 1 saturated carbocycles. The summed E-state index contributed by atoms with van der Waals surface area (Å²) in [6.45, 7) is 4.21. The predicted molar refractivity (Wildman–Crippen MR) is 46.7 cm³/mol. The number of hydrogen-bond donors (Lipinski definition) is 2. The molecule has 1 aliphatic carbocycles. The van der Waals surface area contributed by atoms with Crippen LogP contribution in [-0.4, -0.2) is 17.1 Å². The molecule has 0 aromatic heterocycles. The third kappa shape index (κ3) is 1.61. The Bertz CT molecular complexity index is 189. The van der Waals surface area contributed by atoms with E-state index in [-0.39, 0.29) is 11.3 Å². The summed E-state index contributed by atoms with van der Waals surface area (Å²) in [4.78, 5) is 10.6. The molecule has 3 N–H and O–H groups in total. The average Bonchev–Trinajstić information content (AvgIpc) is 2.27. The Hall–Kier alpha value is -0.570. The third-order valence-electron chi connectivity index (χ3n) is 3.06. The fourth-order valence-electron chi connectivity index (χ4n) is 2.19. The van der Waals surface area contributed by atoms with E-state index in [1.54, 1.807) is 0 Å². The van der Waals surface area contributed by atoms with Crippen LogP contribution in [0.3, 0.4) is 0 Å². The fourth-order valence-corrected chi connectivity index (χ4v) is 2.19. The predicted octanol–water partition coefficient (Wildman–Crippen LogP) is 1.22. The second-order valence-corrected chi connectivity index (χ2v) is 4.35. The maximum atomic E-state index is 10.6. The topological polar surface area (TPSA) is 63.3 Å². The van der Waals surface area contributed by atoms with Gasteiger partial charge in [0.2, 0.25) is 0 Å². The summed E-state index contributed by atoms with van der Waals surface area (Å²) in [7, 11) is 0. The molecule has 2 unspecified atom stereocenters. The molecule has 0 radical (unpaired) electrons. The summed E-state index contributed by atoms with van der Waals surface area (Å²) in [5, 5.41) is 8.75. The van der Waals surface area contributed by atoms with Crippen molar-refractivity contribution < 1.29 is 9.90 Å². The van der Waals surface area contributed by atoms with Gasteiger partial charge in [0.25, 0.3) is 0 Å². The van der Waals surface area contributed by atoms with Crippen molar-refractivity contribution in [3.63, 3.8) is 0 Å². The maximum Gasteiger partial charge on any atom is 0.320 e. The fraction of sp³-hybridized carbons (Fsp3) is 0.889. The van der Waals surface area contributed by atoms with Gasteiger partial charge in [-0.05, 0) is 24.2 Å². The van der Waals surface area contributed by atoms with E-state index in [1.165, 1.54) is 0 Å². The highest BCUT2D eigenvalue weighted by atomic mass is 16.4. The van der Waals surface area contributed by atoms with Crippen LogP contribution < -0.4 is 5.73 Å². The van der Waals surface area contributed by atoms with Gasteiger partial charge in [-0.2, -0.15) is 0 Å². The molecule has 0 saturated heterocycles. The lowest BCUT2D eigenvalue weighted by Gasteiger charge is -2.29. The second-order valence-electron chi connectivity index (χ2n) is 4.35. The van der Waals surface area contributed by atoms with Gasteiger partial charge in [0, 0.05) is 0 Å². The molecule has 1 fully saturated rings. The van der Waals surface area contributed by atoms with Gasteiger partial charge in [0.15, 0.2) is 0 Å². The number of rotatable bonds is 2. The standard InChI is InChI=1S/C9H17NO2/c1-9(2)5-3-4-6(9)7(10)8(11)12/h6-7H,3-5,10H2,1-2H3,(H,11,12). The van der Waals surface area contributed by atoms with Crippen molar-refractivity contribution in [1.29, 1.82) is 0 Å². The first-order chi connectivity index (χ1) is 5.45. The van der Waals surface area contributed by atoms with E-state index in [1.807, 2.05) is 0 Å². The van der Waals surface area contributed by atoms with Gasteiger partial charge < -0.3 is 10.8 Å². The van der Waals surface area contributed by atoms with E-state index in [2.05, 4.69) is 13.8 Å². The van der Waals surface area contributed by atoms with Crippen LogP contribution in [0.1, 0.15) is 33.1 Å². The summed E-state index contributed by atoms with van der Waals surface area (Å²) in [6.07, 6.45) is 3.16. The highest BCUT2D eigenvalue weighted by Gasteiger charge is 2.40. The molecule has 0 aromatic rings. The van der Waals surface area contributed by atoms with Crippen molar-refractivity contribution >= 4 is 5.97 Å². The molecule has 12 heavy (non-hydrogen) atoms. The van der Waals surface area contributed by atoms with Crippen molar-refractivity contribution in [2.75, 3.05) is 0 Å². The first-order valence-electron chi connectivity index (χ1n) is 4.43. The Morgan fingerprint density at radius 2 is 2.25 bits per heavy atom. The molecule has 0 spiro atoms. The molecule has 1 rings (SSSR count). The van der Waals surface area contributed by atoms with Gasteiger partial charge in [-0.15, -0.1) is 0 Å². The zero-order valence-corrected chi connectivity index (χ0v) is 7.71. The number of carboxylic acid groups (broad SMARTS) is 1. The zero-order valence-electron chi connectivity index (χ0n) is 7.71. The Balaban J connectivity index is 2.68. The van der Waals surface area contributed by atoms with Gasteiger partial charge >= 0.3 is 5.97 Å². The molecule has 0 amide bonds. The van der Waals surface area contributed by atoms with Crippen LogP contribution in [0, 0.1) is 11.3 Å². The van der Waals surface area contributed by atoms with Crippen molar-refractivity contribution in [2.24, 2.45) is 17.1 Å². The number of aliphatic carboxylic acids is 1. The molecular weight excluding hydrogens is 154 g/mol. The highest BCUT2D eigenvalue weighted by Crippen LogP contribution is 2.43. The van der Waals surface area contributed by atoms with E-state index < -0.39 is 12.0 Å². The molecule has 1 aliphatic rings. The quantitative estimate of drug-likeness (QED) is 0.656. The maximum absolute atomic E-state index is 10.6. The molecule has 0 heterocycles. The Labute approximate surface area is 72.9 Å². The van der Waals surface area contributed by atoms with Crippen molar-refractivity contribution in [1.82, 2.24) is 0 Å². The second kappa shape index (κ2) is 3.05. The number of nitrogens with two attached hydrogens (primary N) is 1. The summed E-state index contributed by atoms with van der Waals surface area (Å²) in [5.74, 6) is -0.718. The third-order valence-corrected chi connectivity index (χ3v) is 3.06. The summed E-state index contributed by atoms with van der Waals surface area (Å²) in [6, 6.07) is -0.678. The van der Waals surface area contributed by atoms with Crippen LogP contribution in [0.4, 0.5) is 0 Å². The summed E-state index contributed by atoms with van der Waals surface area (Å²) < 4.78 is 0. The minimum absolute atomic E-state index is 0.109. The molecule has 0 aliphatic heterocycles. The first kappa shape index (κ1) is 9.52. The van der Waals surface area contributed by atoms with E-state index in [4.69, 9.17) is 10.8 Å². The number of hydrogen-bond acceptors (Lipinski definition) is 2. The van der Waals surface area contributed by atoms with Crippen molar-refractivity contribution in [3.05, 3.63) is 0 Å². The first-order valence-corrected chi connectivity index (χ1v) is 4.43. The highest BCUT2D eigenvalue weighted by molar-refractivity contribution is 5.73. The van der Waals surface area contributed by atoms with Crippen LogP contribution in [0.15, 0.2) is 0 Å². The van der Waals surface area contributed by atoms with E-state index in [0.717, 1.165) is 19.3 Å². The number of carboxylic acids is 1. The van der Waals surface area contributed by atoms with Crippen molar-refractivity contribution in [2.45, 2.75) is 39.2 Å². The molecule has 70 valence electrons. The average molecular weight is 171 g/mol. The molecular formula is C9H17NO2. The van der Waals surface area contributed by atoms with Crippen LogP contribution in [-0.2, 0) is 4.79 Å². The van der Waals surface area contributed by atoms with Crippen LogP contribution in [0.25, 0.3) is 0 Å². The monoisotopic (exact) mass is 171 g/mol. The molecule has 0 bridgehead atoms. The van der Waals surface area contributed by atoms with Gasteiger partial charge in [-0.25, -0.2) is 0 Å². The zero-order chi connectivity index (χ0) is 9.35. The smallest absolute Gasteiger partial charge is 0.320 e. The van der Waals surface area contributed by atoms with Crippen LogP contribution in [0.5, 0.6) is 0 Å². The SMILES string of the molecule is CC1(C)CCCC1C(N)C(=O)O. The minimum atomic E-state index is -0.866. The van der Waals surface area contributed by atoms with Gasteiger partial charge in [0.05, 0.1) is 0 Å². The largest absolute Gasteiger partial charge is 0.480 e. The van der Waals surface area contributed by atoms with Gasteiger partial charge in [-0.1, -0.05) is 20.3 Å². The van der Waals surface area contributed by atoms with Gasteiger partial charge in [-0.3, -0.25) is 4.79 Å². The summed E-state index contributed by atoms with van der Waals surface area (Å²) in [5.41, 5.74) is 5.71. The van der Waals surface area contributed by atoms with Crippen LogP contribution in [0.2, 0.25) is 0 Å². The van der Waals surface area contributed by atoms with E-state index in [9.17, 15) is 4.79 Å². The Morgan fingerprint density at radius 3 is 2.58 bits per heavy atom. The lowest BCUT2D eigenvalue weighted by molar-refractivity contribution is -0.140. The molecule has 3 heteroatoms. The van der Waals surface area contributed by atoms with E-state index >= 15 is 0 Å². The van der Waals surface area contributed by atoms with Crippen molar-refractivity contribution in [3.8, 4) is 0 Å². The lowest BCUT2D eigenvalue weighted by atomic mass is 9.78. The Kier molecular flexibility index (Phi) is 2.42. The van der Waals surface area contributed by atoms with Gasteiger partial charge in [0.1, 0.15) is 6.04 Å². The molecule has 0 aromatic carbocycles. The molecule has 3 nitrogen and oxygen atoms in total. The number of carbonyl (C=O) groups is 1. The van der Waals surface area contributed by atoms with E-state index in [0.29, 0.717) is 0 Å². The minimum Gasteiger partial charge on any atom is -0.480 e. The normalized spacial score (nSPS) is 30.1.